The molecule has 0 spiro atoms. The molecule has 3 aromatic heterocycles. The Morgan fingerprint density at radius 1 is 1.40 bits per heavy atom. The second-order valence-corrected chi connectivity index (χ2v) is 6.16. The number of thiazole rings is 1. The van der Waals surface area contributed by atoms with E-state index in [-0.39, 0.29) is 6.04 Å². The molecule has 3 heterocycles. The zero-order valence-electron chi connectivity index (χ0n) is 12.1. The van der Waals surface area contributed by atoms with Crippen molar-refractivity contribution in [1.82, 2.24) is 24.3 Å². The van der Waals surface area contributed by atoms with Gasteiger partial charge in [0.25, 0.3) is 0 Å². The average molecular weight is 290 g/mol. The van der Waals surface area contributed by atoms with Gasteiger partial charge >= 0.3 is 0 Å². The Kier molecular flexibility index (Phi) is 3.01. The summed E-state index contributed by atoms with van der Waals surface area (Å²) in [4.78, 5) is 10.1. The summed E-state index contributed by atoms with van der Waals surface area (Å²) in [6, 6.07) is 0.0556. The van der Waals surface area contributed by atoms with E-state index in [1.165, 1.54) is 4.88 Å². The molecule has 0 saturated carbocycles. The Morgan fingerprint density at radius 2 is 2.15 bits per heavy atom. The molecule has 0 fully saturated rings. The van der Waals surface area contributed by atoms with Crippen molar-refractivity contribution >= 4 is 28.4 Å². The molecule has 0 aliphatic heterocycles. The van der Waals surface area contributed by atoms with Crippen LogP contribution in [0.15, 0.2) is 6.20 Å². The van der Waals surface area contributed by atoms with Gasteiger partial charge in [0, 0.05) is 17.6 Å². The fourth-order valence-corrected chi connectivity index (χ4v) is 3.30. The van der Waals surface area contributed by atoms with Gasteiger partial charge in [0.1, 0.15) is 10.5 Å². The van der Waals surface area contributed by atoms with E-state index in [1.807, 2.05) is 22.4 Å². The summed E-state index contributed by atoms with van der Waals surface area (Å²) in [5.41, 5.74) is 8.89. The van der Waals surface area contributed by atoms with Crippen LogP contribution >= 0.6 is 11.3 Å². The van der Waals surface area contributed by atoms with E-state index < -0.39 is 0 Å². The lowest BCUT2D eigenvalue weighted by molar-refractivity contribution is 0.605. The van der Waals surface area contributed by atoms with Gasteiger partial charge in [0.15, 0.2) is 5.65 Å². The van der Waals surface area contributed by atoms with Crippen LogP contribution in [0.2, 0.25) is 0 Å². The summed E-state index contributed by atoms with van der Waals surface area (Å²) in [6.07, 6.45) is 1.89. The molecule has 0 bridgehead atoms. The molecule has 3 rings (SSSR count). The number of nitrogens with zero attached hydrogens (tertiary/aromatic N) is 5. The van der Waals surface area contributed by atoms with Gasteiger partial charge in [-0.2, -0.15) is 5.10 Å². The zero-order valence-corrected chi connectivity index (χ0v) is 12.9. The van der Waals surface area contributed by atoms with E-state index in [0.717, 1.165) is 28.4 Å². The largest absolute Gasteiger partial charge is 0.369 e. The molecule has 1 unspecified atom stereocenters. The molecule has 20 heavy (non-hydrogen) atoms. The van der Waals surface area contributed by atoms with Gasteiger partial charge in [-0.15, -0.1) is 11.3 Å². The third kappa shape index (κ3) is 1.81. The van der Waals surface area contributed by atoms with Crippen molar-refractivity contribution in [3.8, 4) is 0 Å². The first-order chi connectivity index (χ1) is 9.52. The Hall–Kier alpha value is -1.89. The lowest BCUT2D eigenvalue weighted by atomic mass is 10.3. The van der Waals surface area contributed by atoms with Crippen LogP contribution in [-0.4, -0.2) is 24.3 Å². The maximum atomic E-state index is 6.12. The molecule has 106 valence electrons. The number of anilines is 1. The molecule has 0 aliphatic carbocycles. The monoisotopic (exact) mass is 290 g/mol. The number of aryl methyl sites for hydroxylation is 3. The summed E-state index contributed by atoms with van der Waals surface area (Å²) in [7, 11) is 0. The summed E-state index contributed by atoms with van der Waals surface area (Å²) in [5, 5.41) is 5.55. The zero-order chi connectivity index (χ0) is 14.4. The molecule has 6 nitrogen and oxygen atoms in total. The van der Waals surface area contributed by atoms with E-state index in [2.05, 4.69) is 35.8 Å². The second kappa shape index (κ2) is 4.59. The van der Waals surface area contributed by atoms with Crippen LogP contribution < -0.4 is 5.73 Å². The number of hydrogen-bond donors (Lipinski definition) is 1. The summed E-state index contributed by atoms with van der Waals surface area (Å²) < 4.78 is 3.97. The van der Waals surface area contributed by atoms with Gasteiger partial charge < -0.3 is 5.73 Å². The normalized spacial score (nSPS) is 13.2. The maximum absolute atomic E-state index is 6.12. The quantitative estimate of drug-likeness (QED) is 0.804. The van der Waals surface area contributed by atoms with E-state index in [0.29, 0.717) is 5.95 Å². The SMILES string of the molecule is CCn1nc(C)c2nc(N)n(C(C)c3ncc(C)s3)c21. The van der Waals surface area contributed by atoms with E-state index in [1.54, 1.807) is 11.3 Å². The molecule has 2 N–H and O–H groups in total. The fraction of sp³-hybridized carbons (Fsp3) is 0.462. The fourth-order valence-electron chi connectivity index (χ4n) is 2.48. The van der Waals surface area contributed by atoms with Gasteiger partial charge in [-0.25, -0.2) is 14.6 Å². The molecular formula is C13H18N6S. The first-order valence-corrected chi connectivity index (χ1v) is 7.47. The number of hydrogen-bond acceptors (Lipinski definition) is 5. The molecule has 0 amide bonds. The van der Waals surface area contributed by atoms with Crippen molar-refractivity contribution < 1.29 is 0 Å². The van der Waals surface area contributed by atoms with Gasteiger partial charge in [0.05, 0.1) is 11.7 Å². The topological polar surface area (TPSA) is 74.6 Å². The molecule has 0 saturated heterocycles. The highest BCUT2D eigenvalue weighted by atomic mass is 32.1. The number of fused-ring (bicyclic) bond motifs is 1. The Labute approximate surface area is 121 Å². The molecule has 3 aromatic rings. The van der Waals surface area contributed by atoms with Crippen molar-refractivity contribution in [3.05, 3.63) is 21.8 Å². The lowest BCUT2D eigenvalue weighted by Gasteiger charge is -2.14. The van der Waals surface area contributed by atoms with Gasteiger partial charge in [-0.1, -0.05) is 0 Å². The third-order valence-corrected chi connectivity index (χ3v) is 4.54. The summed E-state index contributed by atoms with van der Waals surface area (Å²) in [5.74, 6) is 0.517. The predicted molar refractivity (Wildman–Crippen MR) is 81.0 cm³/mol. The molecular weight excluding hydrogens is 272 g/mol. The van der Waals surface area contributed by atoms with Crippen molar-refractivity contribution in [2.75, 3.05) is 5.73 Å². The highest BCUT2D eigenvalue weighted by Gasteiger charge is 2.22. The van der Waals surface area contributed by atoms with Crippen LogP contribution in [0.3, 0.4) is 0 Å². The molecule has 7 heteroatoms. The third-order valence-electron chi connectivity index (χ3n) is 3.45. The second-order valence-electron chi connectivity index (χ2n) is 4.90. The minimum absolute atomic E-state index is 0.0556. The van der Waals surface area contributed by atoms with Crippen LogP contribution in [0.4, 0.5) is 5.95 Å². The molecule has 1 atom stereocenters. The number of rotatable bonds is 3. The highest BCUT2D eigenvalue weighted by molar-refractivity contribution is 7.11. The number of aromatic nitrogens is 5. The Bertz CT molecular complexity index is 765. The van der Waals surface area contributed by atoms with E-state index in [4.69, 9.17) is 5.73 Å². The number of nitrogen functional groups attached to an aromatic ring is 1. The predicted octanol–water partition coefficient (Wildman–Crippen LogP) is 2.52. The molecule has 0 aromatic carbocycles. The van der Waals surface area contributed by atoms with Crippen LogP contribution in [0, 0.1) is 13.8 Å². The molecule has 0 radical (unpaired) electrons. The maximum Gasteiger partial charge on any atom is 0.203 e. The van der Waals surface area contributed by atoms with E-state index in [9.17, 15) is 0 Å². The highest BCUT2D eigenvalue weighted by Crippen LogP contribution is 2.30. The number of imidazole rings is 1. The van der Waals surface area contributed by atoms with Crippen molar-refractivity contribution in [2.24, 2.45) is 0 Å². The van der Waals surface area contributed by atoms with Gasteiger partial charge in [0.2, 0.25) is 5.95 Å². The Morgan fingerprint density at radius 3 is 2.75 bits per heavy atom. The Balaban J connectivity index is 2.22. The summed E-state index contributed by atoms with van der Waals surface area (Å²) in [6.45, 7) is 8.97. The van der Waals surface area contributed by atoms with Crippen LogP contribution in [0.25, 0.3) is 11.2 Å². The number of nitrogens with two attached hydrogens (primary N) is 1. The first kappa shape index (κ1) is 13.1. The van der Waals surface area contributed by atoms with Gasteiger partial charge in [-0.3, -0.25) is 4.57 Å². The van der Waals surface area contributed by atoms with Crippen molar-refractivity contribution in [2.45, 2.75) is 40.3 Å². The minimum atomic E-state index is 0.0556. The van der Waals surface area contributed by atoms with Crippen LogP contribution in [-0.2, 0) is 6.54 Å². The smallest absolute Gasteiger partial charge is 0.203 e. The van der Waals surface area contributed by atoms with Crippen LogP contribution in [0.1, 0.15) is 35.5 Å². The van der Waals surface area contributed by atoms with Crippen molar-refractivity contribution in [1.29, 1.82) is 0 Å². The van der Waals surface area contributed by atoms with Gasteiger partial charge in [-0.05, 0) is 27.7 Å². The first-order valence-electron chi connectivity index (χ1n) is 6.66. The minimum Gasteiger partial charge on any atom is -0.369 e. The molecule has 0 aliphatic rings. The standard InChI is InChI=1S/C13H18N6S/c1-5-18-12-10(8(3)17-18)16-13(14)19(12)9(4)11-15-6-7(2)20-11/h6,9H,5H2,1-4H3,(H2,14,16). The average Bonchev–Trinajstić information content (AvgIpc) is 3.05. The van der Waals surface area contributed by atoms with Crippen molar-refractivity contribution in [3.63, 3.8) is 0 Å². The van der Waals surface area contributed by atoms with E-state index >= 15 is 0 Å². The summed E-state index contributed by atoms with van der Waals surface area (Å²) >= 11 is 1.69. The van der Waals surface area contributed by atoms with Crippen LogP contribution in [0.5, 0.6) is 0 Å². The lowest BCUT2D eigenvalue weighted by Crippen LogP contribution is -2.13.